The van der Waals surface area contributed by atoms with Crippen molar-refractivity contribution >= 4 is 27.7 Å². The van der Waals surface area contributed by atoms with Crippen LogP contribution in [0.25, 0.3) is 0 Å². The number of halogens is 2. The Morgan fingerprint density at radius 2 is 2.06 bits per heavy atom. The van der Waals surface area contributed by atoms with Crippen LogP contribution in [0.3, 0.4) is 0 Å². The summed E-state index contributed by atoms with van der Waals surface area (Å²) in [4.78, 5) is 22.1. The average Bonchev–Trinajstić information content (AvgIpc) is 2.31. The van der Waals surface area contributed by atoms with Gasteiger partial charge in [0.2, 0.25) is 5.91 Å². The molecule has 98 valence electrons. The molecule has 0 spiro atoms. The Balaban J connectivity index is 2.36. The molecular weight excluding hydrogens is 303 g/mol. The summed E-state index contributed by atoms with van der Waals surface area (Å²) >= 11 is 3.01. The van der Waals surface area contributed by atoms with Crippen LogP contribution in [0, 0.1) is 5.82 Å². The first kappa shape index (κ1) is 14.6. The first-order valence-corrected chi connectivity index (χ1v) is 6.31. The van der Waals surface area contributed by atoms with Gasteiger partial charge in [-0.2, -0.15) is 0 Å². The number of primary amides is 1. The molecule has 0 aliphatic rings. The van der Waals surface area contributed by atoms with Gasteiger partial charge in [0.25, 0.3) is 5.91 Å². The molecule has 0 aliphatic carbocycles. The predicted octanol–water partition coefficient (Wildman–Crippen LogP) is 1.97. The highest BCUT2D eigenvalue weighted by Gasteiger charge is 2.07. The Hall–Kier alpha value is -1.43. The number of benzene rings is 1. The molecule has 0 bridgehead atoms. The quantitative estimate of drug-likeness (QED) is 0.788. The number of carbonyl (C=O) groups excluding carboxylic acids is 2. The second-order valence-electron chi connectivity index (χ2n) is 3.81. The van der Waals surface area contributed by atoms with Crippen LogP contribution < -0.4 is 11.1 Å². The molecule has 1 aromatic rings. The Labute approximate surface area is 113 Å². The number of nitrogens with two attached hydrogens (primary N) is 1. The van der Waals surface area contributed by atoms with Gasteiger partial charge in [-0.15, -0.1) is 0 Å². The molecule has 18 heavy (non-hydrogen) atoms. The summed E-state index contributed by atoms with van der Waals surface area (Å²) in [7, 11) is 0. The second kappa shape index (κ2) is 7.10. The van der Waals surface area contributed by atoms with Crippen LogP contribution >= 0.6 is 15.9 Å². The first-order valence-electron chi connectivity index (χ1n) is 5.52. The molecule has 0 aromatic heterocycles. The minimum Gasteiger partial charge on any atom is -0.370 e. The largest absolute Gasteiger partial charge is 0.370 e. The number of hydrogen-bond acceptors (Lipinski definition) is 2. The molecule has 1 rings (SSSR count). The van der Waals surface area contributed by atoms with E-state index in [2.05, 4.69) is 21.2 Å². The van der Waals surface area contributed by atoms with Crippen LogP contribution in [0.4, 0.5) is 4.39 Å². The normalized spacial score (nSPS) is 10.1. The van der Waals surface area contributed by atoms with Crippen molar-refractivity contribution in [3.63, 3.8) is 0 Å². The van der Waals surface area contributed by atoms with E-state index >= 15 is 0 Å². The number of hydrogen-bond donors (Lipinski definition) is 2. The highest BCUT2D eigenvalue weighted by molar-refractivity contribution is 9.10. The van der Waals surface area contributed by atoms with Gasteiger partial charge in [0.15, 0.2) is 0 Å². The van der Waals surface area contributed by atoms with Crippen LogP contribution in [-0.2, 0) is 4.79 Å². The Morgan fingerprint density at radius 3 is 2.67 bits per heavy atom. The third-order valence-corrected chi connectivity index (χ3v) is 2.96. The lowest BCUT2D eigenvalue weighted by atomic mass is 10.2. The van der Waals surface area contributed by atoms with Gasteiger partial charge in [0, 0.05) is 18.5 Å². The fourth-order valence-electron chi connectivity index (χ4n) is 1.37. The smallest absolute Gasteiger partial charge is 0.251 e. The van der Waals surface area contributed by atoms with Gasteiger partial charge in [0.1, 0.15) is 5.82 Å². The average molecular weight is 317 g/mol. The Morgan fingerprint density at radius 1 is 1.33 bits per heavy atom. The number of rotatable bonds is 6. The SMILES string of the molecule is NC(=O)CCCCNC(=O)c1ccc(Br)c(F)c1. The molecular formula is C12H14BrFN2O2. The van der Waals surface area contributed by atoms with E-state index in [1.54, 1.807) is 0 Å². The lowest BCUT2D eigenvalue weighted by Crippen LogP contribution is -2.24. The molecule has 1 aromatic carbocycles. The van der Waals surface area contributed by atoms with E-state index in [0.717, 1.165) is 0 Å². The van der Waals surface area contributed by atoms with Gasteiger partial charge in [0.05, 0.1) is 4.47 Å². The Kier molecular flexibility index (Phi) is 5.77. The van der Waals surface area contributed by atoms with Crippen molar-refractivity contribution in [2.45, 2.75) is 19.3 Å². The maximum Gasteiger partial charge on any atom is 0.251 e. The molecule has 0 atom stereocenters. The number of carbonyl (C=O) groups is 2. The topological polar surface area (TPSA) is 72.2 Å². The fraction of sp³-hybridized carbons (Fsp3) is 0.333. The van der Waals surface area contributed by atoms with Crippen molar-refractivity contribution in [2.24, 2.45) is 5.73 Å². The van der Waals surface area contributed by atoms with E-state index in [1.807, 2.05) is 0 Å². The standard InChI is InChI=1S/C12H14BrFN2O2/c13-9-5-4-8(7-10(9)14)12(18)16-6-2-1-3-11(15)17/h4-5,7H,1-3,6H2,(H2,15,17)(H,16,18). The summed E-state index contributed by atoms with van der Waals surface area (Å²) in [5.74, 6) is -1.16. The first-order chi connectivity index (χ1) is 8.50. The van der Waals surface area contributed by atoms with E-state index in [-0.39, 0.29) is 17.4 Å². The zero-order chi connectivity index (χ0) is 13.5. The molecule has 0 unspecified atom stereocenters. The summed E-state index contributed by atoms with van der Waals surface area (Å²) in [6.07, 6.45) is 1.60. The molecule has 3 N–H and O–H groups in total. The van der Waals surface area contributed by atoms with E-state index in [0.29, 0.717) is 30.3 Å². The van der Waals surface area contributed by atoms with Crippen LogP contribution in [0.5, 0.6) is 0 Å². The van der Waals surface area contributed by atoms with Crippen molar-refractivity contribution in [3.05, 3.63) is 34.1 Å². The molecule has 0 fully saturated rings. The maximum atomic E-state index is 13.2. The zero-order valence-electron chi connectivity index (χ0n) is 9.71. The van der Waals surface area contributed by atoms with Gasteiger partial charge in [-0.05, 0) is 47.0 Å². The lowest BCUT2D eigenvalue weighted by molar-refractivity contribution is -0.118. The van der Waals surface area contributed by atoms with Gasteiger partial charge in [-0.1, -0.05) is 0 Å². The van der Waals surface area contributed by atoms with Crippen molar-refractivity contribution in [1.29, 1.82) is 0 Å². The van der Waals surface area contributed by atoms with Crippen molar-refractivity contribution < 1.29 is 14.0 Å². The van der Waals surface area contributed by atoms with E-state index in [9.17, 15) is 14.0 Å². The molecule has 6 heteroatoms. The summed E-state index contributed by atoms with van der Waals surface area (Å²) in [5, 5.41) is 2.65. The van der Waals surface area contributed by atoms with E-state index in [1.165, 1.54) is 18.2 Å². The predicted molar refractivity (Wildman–Crippen MR) is 69.5 cm³/mol. The van der Waals surface area contributed by atoms with Gasteiger partial charge < -0.3 is 11.1 Å². The van der Waals surface area contributed by atoms with Crippen LogP contribution in [0.1, 0.15) is 29.6 Å². The third-order valence-electron chi connectivity index (χ3n) is 2.32. The minimum absolute atomic E-state index is 0.269. The summed E-state index contributed by atoms with van der Waals surface area (Å²) in [6.45, 7) is 0.434. The summed E-state index contributed by atoms with van der Waals surface area (Å²) < 4.78 is 13.5. The van der Waals surface area contributed by atoms with Crippen molar-refractivity contribution in [1.82, 2.24) is 5.32 Å². The number of amides is 2. The van der Waals surface area contributed by atoms with Gasteiger partial charge >= 0.3 is 0 Å². The summed E-state index contributed by atoms with van der Waals surface area (Å²) in [6, 6.07) is 4.19. The molecule has 0 radical (unpaired) electrons. The van der Waals surface area contributed by atoms with Gasteiger partial charge in [-0.25, -0.2) is 4.39 Å². The fourth-order valence-corrected chi connectivity index (χ4v) is 1.61. The highest BCUT2D eigenvalue weighted by Crippen LogP contribution is 2.16. The number of unbranched alkanes of at least 4 members (excludes halogenated alkanes) is 1. The lowest BCUT2D eigenvalue weighted by Gasteiger charge is -2.05. The van der Waals surface area contributed by atoms with Crippen molar-refractivity contribution in [2.75, 3.05) is 6.54 Å². The second-order valence-corrected chi connectivity index (χ2v) is 4.66. The third kappa shape index (κ3) is 4.83. The maximum absolute atomic E-state index is 13.2. The van der Waals surface area contributed by atoms with Crippen LogP contribution in [0.2, 0.25) is 0 Å². The summed E-state index contributed by atoms with van der Waals surface area (Å²) in [5.41, 5.74) is 5.25. The molecule has 4 nitrogen and oxygen atoms in total. The van der Waals surface area contributed by atoms with Crippen LogP contribution in [0.15, 0.2) is 22.7 Å². The van der Waals surface area contributed by atoms with Crippen LogP contribution in [-0.4, -0.2) is 18.4 Å². The number of nitrogens with one attached hydrogen (secondary N) is 1. The molecule has 0 saturated carbocycles. The van der Waals surface area contributed by atoms with Crippen molar-refractivity contribution in [3.8, 4) is 0 Å². The highest BCUT2D eigenvalue weighted by atomic mass is 79.9. The zero-order valence-corrected chi connectivity index (χ0v) is 11.3. The van der Waals surface area contributed by atoms with E-state index < -0.39 is 5.82 Å². The van der Waals surface area contributed by atoms with E-state index in [4.69, 9.17) is 5.73 Å². The molecule has 2 amide bonds. The monoisotopic (exact) mass is 316 g/mol. The van der Waals surface area contributed by atoms with Gasteiger partial charge in [-0.3, -0.25) is 9.59 Å². The molecule has 0 aliphatic heterocycles. The Bertz CT molecular complexity index is 452. The molecule has 0 saturated heterocycles. The molecule has 0 heterocycles. The minimum atomic E-state index is -0.476.